The Kier molecular flexibility index (Phi) is 4.26. The van der Waals surface area contributed by atoms with Crippen molar-refractivity contribution < 1.29 is 4.79 Å². The van der Waals surface area contributed by atoms with E-state index in [9.17, 15) is 4.79 Å². The van der Waals surface area contributed by atoms with Gasteiger partial charge in [-0.05, 0) is 59.2 Å². The summed E-state index contributed by atoms with van der Waals surface area (Å²) in [6, 6.07) is 4.15. The van der Waals surface area contributed by atoms with Gasteiger partial charge in [-0.15, -0.1) is 11.3 Å². The quantitative estimate of drug-likeness (QED) is 0.876. The van der Waals surface area contributed by atoms with Gasteiger partial charge in [-0.3, -0.25) is 4.79 Å². The van der Waals surface area contributed by atoms with Crippen LogP contribution in [0.2, 0.25) is 0 Å². The Morgan fingerprint density at radius 2 is 2.12 bits per heavy atom. The lowest BCUT2D eigenvalue weighted by molar-refractivity contribution is 0.0915. The molecule has 0 spiro atoms. The normalized spacial score (nSPS) is 29.0. The molecule has 1 saturated carbocycles. The van der Waals surface area contributed by atoms with E-state index in [1.54, 1.807) is 0 Å². The number of nitrogens with one attached hydrogen (secondary N) is 1. The fraction of sp³-hybridized carbons (Fsp3) is 0.615. The Labute approximate surface area is 115 Å². The van der Waals surface area contributed by atoms with Crippen LogP contribution in [-0.2, 0) is 0 Å². The van der Waals surface area contributed by atoms with E-state index < -0.39 is 0 Å². The SMILES string of the molecule is CC1CCC(NC(=O)c2ccc(Br)s2)CC1C. The van der Waals surface area contributed by atoms with Crippen LogP contribution in [0.1, 0.15) is 42.8 Å². The molecule has 3 atom stereocenters. The Morgan fingerprint density at radius 1 is 1.35 bits per heavy atom. The molecule has 1 fully saturated rings. The van der Waals surface area contributed by atoms with Crippen LogP contribution in [0.3, 0.4) is 0 Å². The molecule has 1 N–H and O–H groups in total. The number of amides is 1. The Morgan fingerprint density at radius 3 is 2.71 bits per heavy atom. The van der Waals surface area contributed by atoms with Gasteiger partial charge in [0, 0.05) is 6.04 Å². The molecule has 1 heterocycles. The van der Waals surface area contributed by atoms with Crippen LogP contribution in [0.25, 0.3) is 0 Å². The summed E-state index contributed by atoms with van der Waals surface area (Å²) < 4.78 is 1.01. The molecule has 2 nitrogen and oxygen atoms in total. The van der Waals surface area contributed by atoms with Gasteiger partial charge in [0.2, 0.25) is 0 Å². The average molecular weight is 316 g/mol. The molecular formula is C13H18BrNOS. The van der Waals surface area contributed by atoms with Crippen molar-refractivity contribution in [3.63, 3.8) is 0 Å². The first kappa shape index (κ1) is 13.1. The van der Waals surface area contributed by atoms with Gasteiger partial charge in [0.15, 0.2) is 0 Å². The number of carbonyl (C=O) groups excluding carboxylic acids is 1. The molecule has 0 bridgehead atoms. The molecule has 0 aromatic carbocycles. The largest absolute Gasteiger partial charge is 0.349 e. The van der Waals surface area contributed by atoms with Crippen molar-refractivity contribution in [2.24, 2.45) is 11.8 Å². The van der Waals surface area contributed by atoms with Crippen LogP contribution >= 0.6 is 27.3 Å². The van der Waals surface area contributed by atoms with Crippen LogP contribution in [0.4, 0.5) is 0 Å². The first-order valence-electron chi connectivity index (χ1n) is 6.12. The first-order chi connectivity index (χ1) is 8.06. The van der Waals surface area contributed by atoms with Gasteiger partial charge in [0.05, 0.1) is 8.66 Å². The number of hydrogen-bond donors (Lipinski definition) is 1. The molecule has 3 unspecified atom stereocenters. The molecule has 4 heteroatoms. The van der Waals surface area contributed by atoms with Gasteiger partial charge in [-0.1, -0.05) is 13.8 Å². The summed E-state index contributed by atoms with van der Waals surface area (Å²) in [6.45, 7) is 4.59. The highest BCUT2D eigenvalue weighted by Gasteiger charge is 2.25. The smallest absolute Gasteiger partial charge is 0.261 e. The minimum atomic E-state index is 0.0763. The van der Waals surface area contributed by atoms with Crippen molar-refractivity contribution >= 4 is 33.2 Å². The third-order valence-electron chi connectivity index (χ3n) is 3.73. The number of thiophene rings is 1. The van der Waals surface area contributed by atoms with E-state index in [-0.39, 0.29) is 5.91 Å². The number of carbonyl (C=O) groups is 1. The topological polar surface area (TPSA) is 29.1 Å². The highest BCUT2D eigenvalue weighted by molar-refractivity contribution is 9.11. The van der Waals surface area contributed by atoms with Gasteiger partial charge >= 0.3 is 0 Å². The molecule has 1 aliphatic carbocycles. The third kappa shape index (κ3) is 3.32. The molecular weight excluding hydrogens is 298 g/mol. The molecule has 0 radical (unpaired) electrons. The van der Waals surface area contributed by atoms with Crippen molar-refractivity contribution in [3.05, 3.63) is 20.8 Å². The molecule has 0 aliphatic heterocycles. The summed E-state index contributed by atoms with van der Waals surface area (Å²) in [5.74, 6) is 1.58. The van der Waals surface area contributed by atoms with Crippen LogP contribution in [0, 0.1) is 11.8 Å². The maximum Gasteiger partial charge on any atom is 0.261 e. The molecule has 1 aromatic heterocycles. The number of rotatable bonds is 2. The predicted molar refractivity (Wildman–Crippen MR) is 75.5 cm³/mol. The lowest BCUT2D eigenvalue weighted by atomic mass is 9.79. The van der Waals surface area contributed by atoms with Crippen molar-refractivity contribution in [1.29, 1.82) is 0 Å². The van der Waals surface area contributed by atoms with E-state index in [0.717, 1.165) is 27.4 Å². The second-order valence-corrected chi connectivity index (χ2v) is 7.50. The van der Waals surface area contributed by atoms with E-state index >= 15 is 0 Å². The summed E-state index contributed by atoms with van der Waals surface area (Å²) in [5.41, 5.74) is 0. The molecule has 17 heavy (non-hydrogen) atoms. The van der Waals surface area contributed by atoms with Crippen molar-refractivity contribution in [2.75, 3.05) is 0 Å². The maximum atomic E-state index is 12.0. The predicted octanol–water partition coefficient (Wildman–Crippen LogP) is 4.07. The zero-order chi connectivity index (χ0) is 12.4. The van der Waals surface area contributed by atoms with Gasteiger partial charge < -0.3 is 5.32 Å². The van der Waals surface area contributed by atoms with Crippen molar-refractivity contribution in [3.8, 4) is 0 Å². The van der Waals surface area contributed by atoms with Gasteiger partial charge in [0.1, 0.15) is 0 Å². The van der Waals surface area contributed by atoms with Gasteiger partial charge in [-0.2, -0.15) is 0 Å². The molecule has 0 saturated heterocycles. The molecule has 1 amide bonds. The first-order valence-corrected chi connectivity index (χ1v) is 7.73. The highest BCUT2D eigenvalue weighted by Crippen LogP contribution is 2.30. The minimum Gasteiger partial charge on any atom is -0.349 e. The fourth-order valence-corrected chi connectivity index (χ4v) is 3.66. The van der Waals surface area contributed by atoms with E-state index in [0.29, 0.717) is 12.0 Å². The standard InChI is InChI=1S/C13H18BrNOS/c1-8-3-4-10(7-9(8)2)15-13(16)11-5-6-12(14)17-11/h5-6,8-10H,3-4,7H2,1-2H3,(H,15,16). The van der Waals surface area contributed by atoms with Crippen LogP contribution in [0.5, 0.6) is 0 Å². The number of halogens is 1. The maximum absolute atomic E-state index is 12.0. The Bertz CT molecular complexity index is 404. The summed E-state index contributed by atoms with van der Waals surface area (Å²) in [6.07, 6.45) is 3.45. The van der Waals surface area contributed by atoms with Crippen LogP contribution in [0.15, 0.2) is 15.9 Å². The monoisotopic (exact) mass is 315 g/mol. The van der Waals surface area contributed by atoms with Crippen LogP contribution < -0.4 is 5.32 Å². The lowest BCUT2D eigenvalue weighted by Crippen LogP contribution is -2.39. The Hall–Kier alpha value is -0.350. The number of hydrogen-bond acceptors (Lipinski definition) is 2. The zero-order valence-electron chi connectivity index (χ0n) is 10.2. The Balaban J connectivity index is 1.91. The van der Waals surface area contributed by atoms with Gasteiger partial charge in [0.25, 0.3) is 5.91 Å². The van der Waals surface area contributed by atoms with E-state index in [4.69, 9.17) is 0 Å². The summed E-state index contributed by atoms with van der Waals surface area (Å²) in [7, 11) is 0. The molecule has 94 valence electrons. The lowest BCUT2D eigenvalue weighted by Gasteiger charge is -2.32. The highest BCUT2D eigenvalue weighted by atomic mass is 79.9. The van der Waals surface area contributed by atoms with Crippen LogP contribution in [-0.4, -0.2) is 11.9 Å². The summed E-state index contributed by atoms with van der Waals surface area (Å²) in [5, 5.41) is 3.15. The molecule has 1 aromatic rings. The van der Waals surface area contributed by atoms with Crippen molar-refractivity contribution in [2.45, 2.75) is 39.2 Å². The second-order valence-electron chi connectivity index (χ2n) is 5.04. The average Bonchev–Trinajstić information content (AvgIpc) is 2.70. The summed E-state index contributed by atoms with van der Waals surface area (Å²) in [4.78, 5) is 12.8. The fourth-order valence-electron chi connectivity index (χ4n) is 2.37. The summed E-state index contributed by atoms with van der Waals surface area (Å²) >= 11 is 4.87. The van der Waals surface area contributed by atoms with E-state index in [1.807, 2.05) is 12.1 Å². The zero-order valence-corrected chi connectivity index (χ0v) is 12.6. The molecule has 1 aliphatic rings. The van der Waals surface area contributed by atoms with Gasteiger partial charge in [-0.25, -0.2) is 0 Å². The van der Waals surface area contributed by atoms with Crippen molar-refractivity contribution in [1.82, 2.24) is 5.32 Å². The third-order valence-corrected chi connectivity index (χ3v) is 5.35. The minimum absolute atomic E-state index is 0.0763. The molecule has 2 rings (SSSR count). The second kappa shape index (κ2) is 5.53. The van der Waals surface area contributed by atoms with E-state index in [2.05, 4.69) is 35.1 Å². The van der Waals surface area contributed by atoms with E-state index in [1.165, 1.54) is 17.8 Å².